The van der Waals surface area contributed by atoms with Crippen molar-refractivity contribution < 1.29 is 13.2 Å². The molecule has 0 saturated heterocycles. The molecule has 0 atom stereocenters. The van der Waals surface area contributed by atoms with Gasteiger partial charge in [0.1, 0.15) is 17.0 Å². The topological polar surface area (TPSA) is 103 Å². The molecule has 3 aromatic heterocycles. The zero-order chi connectivity index (χ0) is 21.6. The monoisotopic (exact) mass is 453 g/mol. The minimum Gasteiger partial charge on any atom is -0.383 e. The van der Waals surface area contributed by atoms with Crippen LogP contribution < -0.4 is 0 Å². The van der Waals surface area contributed by atoms with E-state index in [9.17, 15) is 8.42 Å². The van der Waals surface area contributed by atoms with Crippen molar-refractivity contribution in [2.24, 2.45) is 0 Å². The van der Waals surface area contributed by atoms with E-state index in [4.69, 9.17) is 9.72 Å². The van der Waals surface area contributed by atoms with Crippen LogP contribution in [0.3, 0.4) is 0 Å². The Bertz CT molecular complexity index is 1510. The lowest BCUT2D eigenvalue weighted by atomic mass is 10.2. The van der Waals surface area contributed by atoms with Crippen molar-refractivity contribution in [3.8, 4) is 22.9 Å². The quantitative estimate of drug-likeness (QED) is 0.420. The molecular weight excluding hydrogens is 434 g/mol. The number of aromatic nitrogens is 5. The van der Waals surface area contributed by atoms with Crippen molar-refractivity contribution in [2.75, 3.05) is 20.0 Å². The van der Waals surface area contributed by atoms with E-state index < -0.39 is 9.84 Å². The number of H-pyrrole nitrogens is 1. The second kappa shape index (κ2) is 7.56. The molecule has 0 saturated carbocycles. The van der Waals surface area contributed by atoms with Gasteiger partial charge in [-0.1, -0.05) is 6.07 Å². The molecule has 158 valence electrons. The van der Waals surface area contributed by atoms with Gasteiger partial charge in [-0.05, 0) is 30.3 Å². The molecule has 0 aliphatic rings. The van der Waals surface area contributed by atoms with Gasteiger partial charge in [-0.2, -0.15) is 0 Å². The molecule has 8 nitrogen and oxygen atoms in total. The summed E-state index contributed by atoms with van der Waals surface area (Å²) in [5.74, 6) is 1.28. The van der Waals surface area contributed by atoms with Crippen LogP contribution in [-0.2, 0) is 21.1 Å². The number of sulfone groups is 1. The third-order valence-corrected chi connectivity index (χ3v) is 7.01. The summed E-state index contributed by atoms with van der Waals surface area (Å²) in [7, 11) is -1.80. The SMILES string of the molecule is COCCn1c(-c2c[nH]c(-c3ccc4scnc4c3)n2)nc2c(S(C)(=O)=O)cccc21. The van der Waals surface area contributed by atoms with Crippen LogP contribution in [0.5, 0.6) is 0 Å². The molecule has 3 heterocycles. The molecular formula is C21H19N5O3S2. The van der Waals surface area contributed by atoms with Crippen LogP contribution in [0.2, 0.25) is 0 Å². The van der Waals surface area contributed by atoms with Crippen LogP contribution in [0.25, 0.3) is 44.2 Å². The highest BCUT2D eigenvalue weighted by atomic mass is 32.2. The van der Waals surface area contributed by atoms with E-state index in [0.717, 1.165) is 21.3 Å². The Hall–Kier alpha value is -3.08. The highest BCUT2D eigenvalue weighted by Gasteiger charge is 2.21. The second-order valence-electron chi connectivity index (χ2n) is 7.15. The molecule has 0 aliphatic carbocycles. The number of nitrogens with zero attached hydrogens (tertiary/aromatic N) is 4. The molecule has 0 spiro atoms. The van der Waals surface area contributed by atoms with Crippen LogP contribution >= 0.6 is 11.3 Å². The minimum absolute atomic E-state index is 0.201. The largest absolute Gasteiger partial charge is 0.383 e. The van der Waals surface area contributed by atoms with E-state index in [0.29, 0.717) is 36.0 Å². The van der Waals surface area contributed by atoms with Crippen molar-refractivity contribution >= 4 is 42.4 Å². The third-order valence-electron chi connectivity index (χ3n) is 5.07. The number of rotatable bonds is 6. The number of benzene rings is 2. The Morgan fingerprint density at radius 2 is 2.06 bits per heavy atom. The average molecular weight is 454 g/mol. The Labute approximate surface area is 182 Å². The first kappa shape index (κ1) is 19.9. The number of nitrogens with one attached hydrogen (secondary N) is 1. The molecule has 0 fully saturated rings. The van der Waals surface area contributed by atoms with Crippen LogP contribution in [-0.4, -0.2) is 52.9 Å². The molecule has 5 rings (SSSR count). The van der Waals surface area contributed by atoms with Gasteiger partial charge in [0.25, 0.3) is 0 Å². The Balaban J connectivity index is 1.65. The lowest BCUT2D eigenvalue weighted by Gasteiger charge is -2.07. The van der Waals surface area contributed by atoms with E-state index in [1.165, 1.54) is 6.26 Å². The summed E-state index contributed by atoms with van der Waals surface area (Å²) in [6.07, 6.45) is 2.97. The van der Waals surface area contributed by atoms with Crippen molar-refractivity contribution in [1.29, 1.82) is 0 Å². The van der Waals surface area contributed by atoms with E-state index >= 15 is 0 Å². The normalized spacial score (nSPS) is 12.2. The number of thiazole rings is 1. The van der Waals surface area contributed by atoms with Crippen molar-refractivity contribution in [3.63, 3.8) is 0 Å². The Morgan fingerprint density at radius 1 is 1.19 bits per heavy atom. The minimum atomic E-state index is -3.43. The van der Waals surface area contributed by atoms with Crippen LogP contribution in [0, 0.1) is 0 Å². The lowest BCUT2D eigenvalue weighted by Crippen LogP contribution is -2.06. The van der Waals surface area contributed by atoms with Crippen LogP contribution in [0.15, 0.2) is 53.0 Å². The van der Waals surface area contributed by atoms with Gasteiger partial charge in [0, 0.05) is 31.7 Å². The first-order valence-electron chi connectivity index (χ1n) is 9.53. The van der Waals surface area contributed by atoms with Crippen LogP contribution in [0.4, 0.5) is 0 Å². The smallest absolute Gasteiger partial charge is 0.177 e. The first-order chi connectivity index (χ1) is 15.0. The predicted molar refractivity (Wildman–Crippen MR) is 121 cm³/mol. The van der Waals surface area contributed by atoms with Gasteiger partial charge in [-0.3, -0.25) is 0 Å². The average Bonchev–Trinajstić information content (AvgIpc) is 3.48. The van der Waals surface area contributed by atoms with Gasteiger partial charge in [0.2, 0.25) is 0 Å². The maximum atomic E-state index is 12.3. The Kier molecular flexibility index (Phi) is 4.84. The maximum Gasteiger partial charge on any atom is 0.177 e. The summed E-state index contributed by atoms with van der Waals surface area (Å²) in [6.45, 7) is 0.974. The van der Waals surface area contributed by atoms with Gasteiger partial charge >= 0.3 is 0 Å². The van der Waals surface area contributed by atoms with Gasteiger partial charge in [-0.15, -0.1) is 11.3 Å². The summed E-state index contributed by atoms with van der Waals surface area (Å²) in [5.41, 5.74) is 5.44. The van der Waals surface area contributed by atoms with Crippen molar-refractivity contribution in [1.82, 2.24) is 24.5 Å². The summed E-state index contributed by atoms with van der Waals surface area (Å²) in [6, 6.07) is 11.2. The van der Waals surface area contributed by atoms with Gasteiger partial charge in [0.15, 0.2) is 15.7 Å². The van der Waals surface area contributed by atoms with E-state index in [1.807, 2.05) is 34.3 Å². The number of hydrogen-bond donors (Lipinski definition) is 1. The fourth-order valence-electron chi connectivity index (χ4n) is 3.61. The highest BCUT2D eigenvalue weighted by molar-refractivity contribution is 7.91. The molecule has 0 aliphatic heterocycles. The molecule has 10 heteroatoms. The molecule has 0 amide bonds. The summed E-state index contributed by atoms with van der Waals surface area (Å²) in [5, 5.41) is 0. The molecule has 0 radical (unpaired) electrons. The van der Waals surface area contributed by atoms with Crippen molar-refractivity contribution in [3.05, 3.63) is 48.1 Å². The first-order valence-corrected chi connectivity index (χ1v) is 12.3. The molecule has 2 aromatic carbocycles. The highest BCUT2D eigenvalue weighted by Crippen LogP contribution is 2.30. The van der Waals surface area contributed by atoms with Gasteiger partial charge in [-0.25, -0.2) is 23.4 Å². The maximum absolute atomic E-state index is 12.3. The number of ether oxygens (including phenoxy) is 1. The number of imidazole rings is 2. The van der Waals surface area contributed by atoms with Gasteiger partial charge in [0.05, 0.1) is 32.7 Å². The zero-order valence-electron chi connectivity index (χ0n) is 16.9. The Morgan fingerprint density at radius 3 is 2.87 bits per heavy atom. The van der Waals surface area contributed by atoms with Crippen LogP contribution in [0.1, 0.15) is 0 Å². The molecule has 5 aromatic rings. The summed E-state index contributed by atoms with van der Waals surface area (Å²) >= 11 is 1.59. The van der Waals surface area contributed by atoms with Gasteiger partial charge < -0.3 is 14.3 Å². The van der Waals surface area contributed by atoms with Crippen molar-refractivity contribution in [2.45, 2.75) is 11.4 Å². The number of methoxy groups -OCH3 is 1. The van der Waals surface area contributed by atoms with E-state index in [1.54, 1.807) is 36.8 Å². The fourth-order valence-corrected chi connectivity index (χ4v) is 5.10. The fraction of sp³-hybridized carbons (Fsp3) is 0.190. The number of aromatic amines is 1. The summed E-state index contributed by atoms with van der Waals surface area (Å²) in [4.78, 5) is 17.2. The molecule has 0 unspecified atom stereocenters. The predicted octanol–water partition coefficient (Wildman–Crippen LogP) is 3.75. The number of fused-ring (bicyclic) bond motifs is 2. The van der Waals surface area contributed by atoms with E-state index in [2.05, 4.69) is 15.0 Å². The lowest BCUT2D eigenvalue weighted by molar-refractivity contribution is 0.188. The standard InChI is InChI=1S/C21H19N5O3S2/c1-29-9-8-26-16-4-3-5-18(31(2,27)28)19(16)25-21(26)15-11-22-20(24-15)13-6-7-17-14(10-13)23-12-30-17/h3-7,10-12H,8-9H2,1-2H3,(H,22,24). The molecule has 31 heavy (non-hydrogen) atoms. The molecule has 0 bridgehead atoms. The van der Waals surface area contributed by atoms with E-state index in [-0.39, 0.29) is 4.90 Å². The summed E-state index contributed by atoms with van der Waals surface area (Å²) < 4.78 is 32.9. The zero-order valence-corrected chi connectivity index (χ0v) is 18.5. The number of para-hydroxylation sites is 1. The molecule has 1 N–H and O–H groups in total. The third kappa shape index (κ3) is 3.52. The number of hydrogen-bond acceptors (Lipinski definition) is 7. The second-order valence-corrected chi connectivity index (χ2v) is 10.0.